The second-order valence-electron chi connectivity index (χ2n) is 8.79. The van der Waals surface area contributed by atoms with Crippen molar-refractivity contribution < 1.29 is 22.7 Å². The monoisotopic (exact) mass is 555 g/mol. The molecule has 0 atom stereocenters. The molecule has 0 bridgehead atoms. The van der Waals surface area contributed by atoms with Gasteiger partial charge in [0.05, 0.1) is 22.2 Å². The highest BCUT2D eigenvalue weighted by atomic mass is 19.4. The zero-order valence-corrected chi connectivity index (χ0v) is 21.4. The van der Waals surface area contributed by atoms with Crippen LogP contribution in [-0.4, -0.2) is 25.4 Å². The summed E-state index contributed by atoms with van der Waals surface area (Å²) in [5.74, 6) is 0.0720. The number of pyridine rings is 1. The van der Waals surface area contributed by atoms with Gasteiger partial charge in [-0.15, -0.1) is 0 Å². The second-order valence-corrected chi connectivity index (χ2v) is 8.79. The number of hydrogen-bond donors (Lipinski definition) is 2. The summed E-state index contributed by atoms with van der Waals surface area (Å²) in [6, 6.07) is 16.1. The van der Waals surface area contributed by atoms with E-state index in [1.54, 1.807) is 43.4 Å². The molecule has 0 saturated heterocycles. The number of halogens is 3. The van der Waals surface area contributed by atoms with Gasteiger partial charge >= 0.3 is 12.2 Å². The number of aryl methyl sites for hydroxylation is 1. The Morgan fingerprint density at radius 3 is 2.41 bits per heavy atom. The van der Waals surface area contributed by atoms with Gasteiger partial charge in [0.2, 0.25) is 5.91 Å². The van der Waals surface area contributed by atoms with Gasteiger partial charge in [-0.3, -0.25) is 4.79 Å². The molecule has 2 aromatic carbocycles. The number of nitrogens with one attached hydrogen (secondary N) is 1. The average molecular weight is 556 g/mol. The van der Waals surface area contributed by atoms with Crippen LogP contribution in [0.3, 0.4) is 0 Å². The second kappa shape index (κ2) is 10.5. The van der Waals surface area contributed by atoms with Gasteiger partial charge in [-0.2, -0.15) is 23.4 Å². The van der Waals surface area contributed by atoms with Crippen LogP contribution in [0.15, 0.2) is 79.6 Å². The van der Waals surface area contributed by atoms with Gasteiger partial charge < -0.3 is 20.4 Å². The van der Waals surface area contributed by atoms with E-state index < -0.39 is 17.9 Å². The number of alkyl halides is 3. The quantitative estimate of drug-likeness (QED) is 0.243. The third-order valence-electron chi connectivity index (χ3n) is 6.25. The topological polar surface area (TPSA) is 132 Å². The number of nitrogen functional groups attached to an aromatic ring is 1. The summed E-state index contributed by atoms with van der Waals surface area (Å²) < 4.78 is 46.4. The van der Waals surface area contributed by atoms with Crippen molar-refractivity contribution in [1.82, 2.24) is 19.5 Å². The number of nitrogens with two attached hydrogens (primary N) is 1. The molecule has 12 heteroatoms. The molecule has 0 saturated carbocycles. The first-order chi connectivity index (χ1) is 19.6. The molecule has 3 aromatic heterocycles. The predicted octanol–water partition coefficient (Wildman–Crippen LogP) is 6.09. The van der Waals surface area contributed by atoms with Crippen molar-refractivity contribution in [3.63, 3.8) is 0 Å². The summed E-state index contributed by atoms with van der Waals surface area (Å²) in [6.07, 6.45) is -1.09. The van der Waals surface area contributed by atoms with Crippen molar-refractivity contribution >= 4 is 28.3 Å². The van der Waals surface area contributed by atoms with E-state index in [4.69, 9.17) is 10.5 Å². The number of hydrogen-bond acceptors (Lipinski definition) is 7. The van der Waals surface area contributed by atoms with E-state index in [0.717, 1.165) is 17.8 Å². The average Bonchev–Trinajstić information content (AvgIpc) is 3.27. The van der Waals surface area contributed by atoms with E-state index >= 15 is 0 Å². The van der Waals surface area contributed by atoms with Crippen molar-refractivity contribution in [3.8, 4) is 40.2 Å². The van der Waals surface area contributed by atoms with Gasteiger partial charge in [0.25, 0.3) is 0 Å². The largest absolute Gasteiger partial charge is 0.433 e. The Labute approximate surface area is 231 Å². The number of amides is 1. The Balaban J connectivity index is 1.61. The summed E-state index contributed by atoms with van der Waals surface area (Å²) >= 11 is 0. The fourth-order valence-corrected chi connectivity index (χ4v) is 4.46. The Morgan fingerprint density at radius 1 is 1.10 bits per heavy atom. The first-order valence-electron chi connectivity index (χ1n) is 12.0. The number of carbonyl (C=O) groups is 1. The van der Waals surface area contributed by atoms with Gasteiger partial charge in [0.1, 0.15) is 17.6 Å². The number of nitriles is 1. The minimum Gasteiger partial charge on any atom is -0.424 e. The molecule has 9 nitrogen and oxygen atoms in total. The molecule has 3 heterocycles. The molecule has 0 spiro atoms. The lowest BCUT2D eigenvalue weighted by Gasteiger charge is -2.11. The third kappa shape index (κ3) is 5.16. The number of carbonyl (C=O) groups excluding carboxylic acids is 1. The maximum Gasteiger partial charge on any atom is 0.433 e. The molecule has 3 N–H and O–H groups in total. The lowest BCUT2D eigenvalue weighted by Crippen LogP contribution is -2.08. The molecule has 204 valence electrons. The van der Waals surface area contributed by atoms with E-state index in [9.17, 15) is 23.2 Å². The summed E-state index contributed by atoms with van der Waals surface area (Å²) in [7, 11) is 1.80. The molecule has 0 aliphatic carbocycles. The van der Waals surface area contributed by atoms with Crippen LogP contribution in [0, 0.1) is 11.3 Å². The van der Waals surface area contributed by atoms with Crippen LogP contribution in [0.1, 0.15) is 11.3 Å². The summed E-state index contributed by atoms with van der Waals surface area (Å²) in [4.78, 5) is 23.1. The van der Waals surface area contributed by atoms with E-state index in [1.165, 1.54) is 12.3 Å². The molecule has 1 amide bonds. The molecular weight excluding hydrogens is 535 g/mol. The molecule has 0 fully saturated rings. The summed E-state index contributed by atoms with van der Waals surface area (Å²) in [5, 5.41) is 13.0. The number of fused-ring (bicyclic) bond motifs is 1. The first kappa shape index (κ1) is 26.9. The number of ether oxygens (including phenoxy) is 1. The van der Waals surface area contributed by atoms with Crippen LogP contribution < -0.4 is 15.8 Å². The summed E-state index contributed by atoms with van der Waals surface area (Å²) in [5.41, 5.74) is 9.50. The van der Waals surface area contributed by atoms with Gasteiger partial charge in [-0.05, 0) is 47.5 Å². The van der Waals surface area contributed by atoms with E-state index in [0.29, 0.717) is 39.0 Å². The Morgan fingerprint density at radius 2 is 1.78 bits per heavy atom. The SMILES string of the molecule is C=CC(=O)Nc1ccc(-c2c(-c3ccc(Oc4nccc(C(F)(F)F)n4)cc3)c3c(N)ncc(C#N)c3n2C)cc1. The maximum atomic E-state index is 13.0. The van der Waals surface area contributed by atoms with E-state index in [2.05, 4.69) is 32.9 Å². The van der Waals surface area contributed by atoms with Crippen molar-refractivity contribution in [2.45, 2.75) is 6.18 Å². The summed E-state index contributed by atoms with van der Waals surface area (Å²) in [6.45, 7) is 3.45. The van der Waals surface area contributed by atoms with Crippen LogP contribution in [0.5, 0.6) is 11.8 Å². The van der Waals surface area contributed by atoms with Crippen LogP contribution >= 0.6 is 0 Å². The fourth-order valence-electron chi connectivity index (χ4n) is 4.46. The van der Waals surface area contributed by atoms with Crippen LogP contribution in [0.2, 0.25) is 0 Å². The maximum absolute atomic E-state index is 13.0. The lowest BCUT2D eigenvalue weighted by molar-refractivity contribution is -0.141. The highest BCUT2D eigenvalue weighted by Crippen LogP contribution is 2.44. The number of anilines is 2. The van der Waals surface area contributed by atoms with Crippen molar-refractivity contribution in [2.75, 3.05) is 11.1 Å². The standard InChI is InChI=1S/C29H20F3N7O2/c1-3-22(40)37-19-8-4-17(5-9-19)25-23(24-26(39(25)2)18(14-33)15-36-27(24)34)16-6-10-20(11-7-16)41-28-35-13-12-21(38-28)29(30,31)32/h3-13,15H,1H2,2H3,(H2,34,36)(H,37,40). The third-order valence-corrected chi connectivity index (χ3v) is 6.25. The normalized spacial score (nSPS) is 11.2. The number of rotatable bonds is 6. The molecule has 0 aliphatic rings. The lowest BCUT2D eigenvalue weighted by atomic mass is 9.98. The zero-order valence-electron chi connectivity index (χ0n) is 21.4. The van der Waals surface area contributed by atoms with Crippen LogP contribution in [-0.2, 0) is 18.0 Å². The predicted molar refractivity (Wildman–Crippen MR) is 147 cm³/mol. The minimum absolute atomic E-state index is 0.209. The zero-order chi connectivity index (χ0) is 29.3. The van der Waals surface area contributed by atoms with Gasteiger partial charge in [0.15, 0.2) is 5.69 Å². The van der Waals surface area contributed by atoms with Crippen LogP contribution in [0.25, 0.3) is 33.3 Å². The smallest absolute Gasteiger partial charge is 0.424 e. The molecule has 5 aromatic rings. The molecule has 41 heavy (non-hydrogen) atoms. The highest BCUT2D eigenvalue weighted by molar-refractivity contribution is 6.10. The Hall–Kier alpha value is -5.70. The van der Waals surface area contributed by atoms with Crippen molar-refractivity contribution in [1.29, 1.82) is 5.26 Å². The fraction of sp³-hybridized carbons (Fsp3) is 0.0690. The molecule has 0 radical (unpaired) electrons. The number of benzene rings is 2. The minimum atomic E-state index is -4.64. The molecule has 0 aliphatic heterocycles. The van der Waals surface area contributed by atoms with E-state index in [1.807, 2.05) is 16.7 Å². The van der Waals surface area contributed by atoms with Crippen LogP contribution in [0.4, 0.5) is 24.7 Å². The van der Waals surface area contributed by atoms with Gasteiger partial charge in [-0.1, -0.05) is 30.8 Å². The van der Waals surface area contributed by atoms with Crippen molar-refractivity contribution in [3.05, 3.63) is 90.9 Å². The van der Waals surface area contributed by atoms with E-state index in [-0.39, 0.29) is 17.5 Å². The van der Waals surface area contributed by atoms with Gasteiger partial charge in [-0.25, -0.2) is 9.97 Å². The number of nitrogens with zero attached hydrogens (tertiary/aromatic N) is 5. The molecular formula is C29H20F3N7O2. The first-order valence-corrected chi connectivity index (χ1v) is 12.0. The molecule has 0 unspecified atom stereocenters. The van der Waals surface area contributed by atoms with Gasteiger partial charge in [0, 0.05) is 30.7 Å². The van der Waals surface area contributed by atoms with Crippen molar-refractivity contribution in [2.24, 2.45) is 7.05 Å². The molecule has 5 rings (SSSR count). The Kier molecular flexibility index (Phi) is 6.86. The highest BCUT2D eigenvalue weighted by Gasteiger charge is 2.33. The number of aromatic nitrogens is 4. The Bertz CT molecular complexity index is 1840.